The van der Waals surface area contributed by atoms with Gasteiger partial charge in [-0.1, -0.05) is 0 Å². The number of aliphatic carboxylic acids is 1. The molecule has 1 fully saturated rings. The van der Waals surface area contributed by atoms with Crippen LogP contribution in [0.25, 0.3) is 0 Å². The van der Waals surface area contributed by atoms with E-state index in [0.29, 0.717) is 12.1 Å². The van der Waals surface area contributed by atoms with Gasteiger partial charge in [0.2, 0.25) is 0 Å². The smallest absolute Gasteiger partial charge is 0.308 e. The molecule has 0 bridgehead atoms. The number of likely N-dealkylation sites (N-methyl/N-ethyl adjacent to an activating group) is 1. The Morgan fingerprint density at radius 2 is 2.32 bits per heavy atom. The van der Waals surface area contributed by atoms with E-state index in [2.05, 4.69) is 4.90 Å². The van der Waals surface area contributed by atoms with Crippen LogP contribution in [0.15, 0.2) is 10.9 Å². The van der Waals surface area contributed by atoms with Gasteiger partial charge in [0.05, 0.1) is 19.1 Å². The molecule has 3 rings (SSSR count). The van der Waals surface area contributed by atoms with E-state index >= 15 is 0 Å². The van der Waals surface area contributed by atoms with Crippen LogP contribution in [0, 0.1) is 0 Å². The highest BCUT2D eigenvalue weighted by molar-refractivity contribution is 5.70. The van der Waals surface area contributed by atoms with Crippen LogP contribution in [-0.2, 0) is 35.5 Å². The zero-order valence-electron chi connectivity index (χ0n) is 12.9. The van der Waals surface area contributed by atoms with Crippen molar-refractivity contribution in [3.8, 4) is 0 Å². The van der Waals surface area contributed by atoms with Crippen LogP contribution >= 0.6 is 0 Å². The van der Waals surface area contributed by atoms with E-state index in [4.69, 9.17) is 9.84 Å². The monoisotopic (exact) mass is 306 g/mol. The minimum Gasteiger partial charge on any atom is -0.481 e. The summed E-state index contributed by atoms with van der Waals surface area (Å²) in [7, 11) is 2.04. The number of carboxylic acid groups (broad SMARTS) is 1. The van der Waals surface area contributed by atoms with Crippen LogP contribution in [0.3, 0.4) is 0 Å². The second-order valence-corrected chi connectivity index (χ2v) is 6.25. The predicted octanol–water partition coefficient (Wildman–Crippen LogP) is 0.642. The zero-order valence-corrected chi connectivity index (χ0v) is 12.9. The second kappa shape index (κ2) is 6.22. The fraction of sp³-hybridized carbons (Fsp3) is 0.625. The van der Waals surface area contributed by atoms with E-state index < -0.39 is 5.97 Å². The van der Waals surface area contributed by atoms with Gasteiger partial charge in [0.15, 0.2) is 0 Å². The lowest BCUT2D eigenvalue weighted by atomic mass is 10.0. The Bertz CT molecular complexity index is 632. The third-order valence-corrected chi connectivity index (χ3v) is 4.49. The Morgan fingerprint density at radius 3 is 3.00 bits per heavy atom. The minimum atomic E-state index is -0.968. The standard InChI is InChI=1S/C16H22N2O4/c1-17-5-4-14-12(9-17)7-11(8-15(19)20)16(21)18(14)10-13-3-2-6-22-13/h7,13H,2-6,8-10H2,1H3,(H,19,20). The van der Waals surface area contributed by atoms with Gasteiger partial charge >= 0.3 is 5.97 Å². The van der Waals surface area contributed by atoms with Crippen molar-refractivity contribution in [2.75, 3.05) is 20.2 Å². The van der Waals surface area contributed by atoms with Crippen molar-refractivity contribution in [1.29, 1.82) is 0 Å². The number of rotatable bonds is 4. The molecule has 0 radical (unpaired) electrons. The quantitative estimate of drug-likeness (QED) is 0.884. The fourth-order valence-electron chi connectivity index (χ4n) is 3.40. The Balaban J connectivity index is 2.02. The summed E-state index contributed by atoms with van der Waals surface area (Å²) < 4.78 is 7.43. The predicted molar refractivity (Wildman–Crippen MR) is 81.1 cm³/mol. The highest BCUT2D eigenvalue weighted by atomic mass is 16.5. The van der Waals surface area contributed by atoms with Gasteiger partial charge in [0.25, 0.3) is 5.56 Å². The molecule has 6 heteroatoms. The van der Waals surface area contributed by atoms with Crippen LogP contribution < -0.4 is 5.56 Å². The average molecular weight is 306 g/mol. The maximum Gasteiger partial charge on any atom is 0.308 e. The summed E-state index contributed by atoms with van der Waals surface area (Å²) in [6.07, 6.45) is 2.66. The summed E-state index contributed by atoms with van der Waals surface area (Å²) in [5.41, 5.74) is 2.33. The van der Waals surface area contributed by atoms with E-state index in [1.54, 1.807) is 10.6 Å². The molecule has 0 saturated carbocycles. The van der Waals surface area contributed by atoms with Crippen molar-refractivity contribution in [2.45, 2.75) is 44.9 Å². The molecular formula is C16H22N2O4. The molecule has 120 valence electrons. The first-order valence-corrected chi connectivity index (χ1v) is 7.81. The number of hydrogen-bond donors (Lipinski definition) is 1. The molecular weight excluding hydrogens is 284 g/mol. The second-order valence-electron chi connectivity index (χ2n) is 6.25. The molecule has 22 heavy (non-hydrogen) atoms. The molecule has 0 aliphatic carbocycles. The van der Waals surface area contributed by atoms with Gasteiger partial charge in [-0.05, 0) is 31.5 Å². The first kappa shape index (κ1) is 15.2. The Hall–Kier alpha value is -1.66. The van der Waals surface area contributed by atoms with Gasteiger partial charge in [0.1, 0.15) is 0 Å². The van der Waals surface area contributed by atoms with Crippen molar-refractivity contribution >= 4 is 5.97 Å². The molecule has 0 amide bonds. The number of ether oxygens (including phenoxy) is 1. The largest absolute Gasteiger partial charge is 0.481 e. The third kappa shape index (κ3) is 3.08. The van der Waals surface area contributed by atoms with Crippen molar-refractivity contribution in [1.82, 2.24) is 9.47 Å². The van der Waals surface area contributed by atoms with Crippen LogP contribution in [0.4, 0.5) is 0 Å². The summed E-state index contributed by atoms with van der Waals surface area (Å²) in [4.78, 5) is 25.9. The molecule has 1 atom stereocenters. The molecule has 1 aromatic heterocycles. The topological polar surface area (TPSA) is 71.8 Å². The number of carboxylic acids is 1. The van der Waals surface area contributed by atoms with Crippen LogP contribution in [-0.4, -0.2) is 46.8 Å². The summed E-state index contributed by atoms with van der Waals surface area (Å²) >= 11 is 0. The summed E-state index contributed by atoms with van der Waals surface area (Å²) in [5, 5.41) is 9.04. The molecule has 3 heterocycles. The van der Waals surface area contributed by atoms with Gasteiger partial charge in [0, 0.05) is 37.4 Å². The van der Waals surface area contributed by atoms with Gasteiger partial charge < -0.3 is 19.3 Å². The lowest BCUT2D eigenvalue weighted by Crippen LogP contribution is -2.37. The third-order valence-electron chi connectivity index (χ3n) is 4.49. The lowest BCUT2D eigenvalue weighted by molar-refractivity contribution is -0.136. The maximum atomic E-state index is 12.7. The van der Waals surface area contributed by atoms with Crippen LogP contribution in [0.2, 0.25) is 0 Å². The number of fused-ring (bicyclic) bond motifs is 1. The minimum absolute atomic E-state index is 0.0709. The van der Waals surface area contributed by atoms with E-state index in [9.17, 15) is 9.59 Å². The molecule has 1 unspecified atom stereocenters. The molecule has 1 N–H and O–H groups in total. The van der Waals surface area contributed by atoms with Crippen LogP contribution in [0.1, 0.15) is 29.7 Å². The number of hydrogen-bond acceptors (Lipinski definition) is 4. The Labute approximate surface area is 129 Å². The summed E-state index contributed by atoms with van der Waals surface area (Å²) in [6, 6.07) is 1.79. The first-order chi connectivity index (χ1) is 10.5. The van der Waals surface area contributed by atoms with Crippen molar-refractivity contribution in [3.63, 3.8) is 0 Å². The van der Waals surface area contributed by atoms with E-state index in [0.717, 1.165) is 50.2 Å². The molecule has 0 aromatic carbocycles. The van der Waals surface area contributed by atoms with Gasteiger partial charge in [-0.3, -0.25) is 9.59 Å². The molecule has 1 aromatic rings. The van der Waals surface area contributed by atoms with Gasteiger partial charge in [-0.15, -0.1) is 0 Å². The van der Waals surface area contributed by atoms with Gasteiger partial charge in [-0.25, -0.2) is 0 Å². The molecule has 1 saturated heterocycles. The first-order valence-electron chi connectivity index (χ1n) is 7.81. The Kier molecular flexibility index (Phi) is 4.31. The number of aromatic nitrogens is 1. The zero-order chi connectivity index (χ0) is 15.7. The van der Waals surface area contributed by atoms with E-state index in [1.807, 2.05) is 7.05 Å². The maximum absolute atomic E-state index is 12.7. The average Bonchev–Trinajstić information content (AvgIpc) is 2.95. The SMILES string of the molecule is CN1CCc2c(cc(CC(=O)O)c(=O)n2CC2CCCO2)C1. The van der Waals surface area contributed by atoms with E-state index in [1.165, 1.54) is 0 Å². The number of pyridine rings is 1. The normalized spacial score (nSPS) is 21.8. The Morgan fingerprint density at radius 1 is 1.50 bits per heavy atom. The lowest BCUT2D eigenvalue weighted by Gasteiger charge is -2.29. The van der Waals surface area contributed by atoms with Crippen molar-refractivity contribution < 1.29 is 14.6 Å². The number of carbonyl (C=O) groups is 1. The van der Waals surface area contributed by atoms with Crippen molar-refractivity contribution in [2.24, 2.45) is 0 Å². The fourth-order valence-corrected chi connectivity index (χ4v) is 3.40. The molecule has 6 nitrogen and oxygen atoms in total. The van der Waals surface area contributed by atoms with Crippen LogP contribution in [0.5, 0.6) is 0 Å². The van der Waals surface area contributed by atoms with Gasteiger partial charge in [-0.2, -0.15) is 0 Å². The van der Waals surface area contributed by atoms with Crippen molar-refractivity contribution in [3.05, 3.63) is 33.2 Å². The summed E-state index contributed by atoms with van der Waals surface area (Å²) in [6.45, 7) is 2.96. The molecule has 2 aliphatic heterocycles. The summed E-state index contributed by atoms with van der Waals surface area (Å²) in [5.74, 6) is -0.968. The number of nitrogens with zero attached hydrogens (tertiary/aromatic N) is 2. The molecule has 0 spiro atoms. The van der Waals surface area contributed by atoms with E-state index in [-0.39, 0.29) is 18.1 Å². The highest BCUT2D eigenvalue weighted by Gasteiger charge is 2.24. The molecule has 2 aliphatic rings. The highest BCUT2D eigenvalue weighted by Crippen LogP contribution is 2.20.